The van der Waals surface area contributed by atoms with Crippen molar-refractivity contribution in [3.8, 4) is 0 Å². The van der Waals surface area contributed by atoms with Gasteiger partial charge in [0.1, 0.15) is 11.6 Å². The predicted octanol–water partition coefficient (Wildman–Crippen LogP) is 5.71. The van der Waals surface area contributed by atoms with Crippen LogP contribution in [0.25, 0.3) is 0 Å². The number of anilines is 1. The third-order valence-corrected chi connectivity index (χ3v) is 5.76. The standard InChI is InChI=1S/C30H26F2N2O2/c31-25-14-15-27(28(32)20-25)30(36)34(21-23-10-5-2-6-11-23)26-13-7-12-24(18-26)19-29(35)33-17-16-22-8-3-1-4-9-22/h1-15,18,20H,16-17,19,21H2,(H,33,35). The van der Waals surface area contributed by atoms with Gasteiger partial charge in [-0.1, -0.05) is 72.8 Å². The Kier molecular flexibility index (Phi) is 8.19. The highest BCUT2D eigenvalue weighted by Gasteiger charge is 2.22. The van der Waals surface area contributed by atoms with Crippen LogP contribution in [0.15, 0.2) is 103 Å². The van der Waals surface area contributed by atoms with E-state index in [2.05, 4.69) is 5.32 Å². The molecule has 0 bridgehead atoms. The Labute approximate surface area is 209 Å². The number of nitrogens with one attached hydrogen (secondary N) is 1. The van der Waals surface area contributed by atoms with Crippen LogP contribution in [0.2, 0.25) is 0 Å². The van der Waals surface area contributed by atoms with Crippen molar-refractivity contribution in [1.82, 2.24) is 5.32 Å². The van der Waals surface area contributed by atoms with Crippen LogP contribution in [0.4, 0.5) is 14.5 Å². The zero-order valence-corrected chi connectivity index (χ0v) is 19.7. The zero-order valence-electron chi connectivity index (χ0n) is 19.7. The second-order valence-electron chi connectivity index (χ2n) is 8.43. The normalized spacial score (nSPS) is 10.6. The highest BCUT2D eigenvalue weighted by atomic mass is 19.1. The highest BCUT2D eigenvalue weighted by molar-refractivity contribution is 6.06. The SMILES string of the molecule is O=C(Cc1cccc(N(Cc2ccccc2)C(=O)c2ccc(F)cc2F)c1)NCCc1ccccc1. The molecule has 36 heavy (non-hydrogen) atoms. The summed E-state index contributed by atoms with van der Waals surface area (Å²) in [6.45, 7) is 0.703. The van der Waals surface area contributed by atoms with Gasteiger partial charge in [0, 0.05) is 18.3 Å². The Hall–Kier alpha value is -4.32. The molecule has 182 valence electrons. The molecule has 2 amide bonds. The first-order valence-corrected chi connectivity index (χ1v) is 11.7. The fourth-order valence-corrected chi connectivity index (χ4v) is 3.93. The van der Waals surface area contributed by atoms with Crippen LogP contribution in [-0.4, -0.2) is 18.4 Å². The number of nitrogens with zero attached hydrogens (tertiary/aromatic N) is 1. The number of rotatable bonds is 9. The summed E-state index contributed by atoms with van der Waals surface area (Å²) in [6.07, 6.45) is 0.871. The molecule has 0 radical (unpaired) electrons. The summed E-state index contributed by atoms with van der Waals surface area (Å²) in [6, 6.07) is 29.2. The van der Waals surface area contributed by atoms with Crippen LogP contribution in [0, 0.1) is 11.6 Å². The lowest BCUT2D eigenvalue weighted by atomic mass is 10.1. The monoisotopic (exact) mass is 484 g/mol. The molecule has 0 aliphatic carbocycles. The van der Waals surface area contributed by atoms with E-state index in [0.29, 0.717) is 18.3 Å². The molecule has 0 fully saturated rings. The van der Waals surface area contributed by atoms with E-state index in [-0.39, 0.29) is 24.4 Å². The number of amides is 2. The van der Waals surface area contributed by atoms with E-state index in [0.717, 1.165) is 35.2 Å². The molecule has 0 saturated heterocycles. The van der Waals surface area contributed by atoms with E-state index < -0.39 is 17.5 Å². The van der Waals surface area contributed by atoms with Crippen LogP contribution in [0.5, 0.6) is 0 Å². The quantitative estimate of drug-likeness (QED) is 0.331. The van der Waals surface area contributed by atoms with E-state index in [9.17, 15) is 18.4 Å². The van der Waals surface area contributed by atoms with Gasteiger partial charge in [-0.15, -0.1) is 0 Å². The van der Waals surface area contributed by atoms with Gasteiger partial charge in [-0.25, -0.2) is 8.78 Å². The van der Waals surface area contributed by atoms with Crippen LogP contribution >= 0.6 is 0 Å². The molecule has 0 aliphatic heterocycles. The molecule has 0 spiro atoms. The van der Waals surface area contributed by atoms with Gasteiger partial charge >= 0.3 is 0 Å². The summed E-state index contributed by atoms with van der Waals surface area (Å²) in [7, 11) is 0. The van der Waals surface area contributed by atoms with Crippen molar-refractivity contribution in [1.29, 1.82) is 0 Å². The van der Waals surface area contributed by atoms with Gasteiger partial charge in [0.05, 0.1) is 18.5 Å². The second-order valence-corrected chi connectivity index (χ2v) is 8.43. The van der Waals surface area contributed by atoms with Gasteiger partial charge in [-0.05, 0) is 47.4 Å². The maximum Gasteiger partial charge on any atom is 0.261 e. The van der Waals surface area contributed by atoms with Gasteiger partial charge in [0.2, 0.25) is 5.91 Å². The molecule has 1 N–H and O–H groups in total. The Balaban J connectivity index is 1.51. The first-order valence-electron chi connectivity index (χ1n) is 11.7. The van der Waals surface area contributed by atoms with Gasteiger partial charge in [0.15, 0.2) is 0 Å². The summed E-state index contributed by atoms with van der Waals surface area (Å²) in [5.41, 5.74) is 2.99. The minimum absolute atomic E-state index is 0.131. The molecule has 4 nitrogen and oxygen atoms in total. The zero-order chi connectivity index (χ0) is 25.3. The van der Waals surface area contributed by atoms with Crippen LogP contribution in [-0.2, 0) is 24.2 Å². The van der Waals surface area contributed by atoms with Crippen molar-refractivity contribution in [2.75, 3.05) is 11.4 Å². The number of halogens is 2. The van der Waals surface area contributed by atoms with E-state index in [1.165, 1.54) is 4.90 Å². The molecule has 0 heterocycles. The minimum Gasteiger partial charge on any atom is -0.355 e. The van der Waals surface area contributed by atoms with Crippen molar-refractivity contribution < 1.29 is 18.4 Å². The van der Waals surface area contributed by atoms with Gasteiger partial charge in [-0.3, -0.25) is 9.59 Å². The fourth-order valence-electron chi connectivity index (χ4n) is 3.93. The highest BCUT2D eigenvalue weighted by Crippen LogP contribution is 2.23. The van der Waals surface area contributed by atoms with Crippen molar-refractivity contribution in [2.45, 2.75) is 19.4 Å². The fraction of sp³-hybridized carbons (Fsp3) is 0.133. The van der Waals surface area contributed by atoms with Crippen molar-refractivity contribution in [2.24, 2.45) is 0 Å². The lowest BCUT2D eigenvalue weighted by molar-refractivity contribution is -0.120. The first-order chi connectivity index (χ1) is 17.5. The molecule has 4 aromatic carbocycles. The molecule has 0 atom stereocenters. The lowest BCUT2D eigenvalue weighted by Crippen LogP contribution is -2.31. The molecule has 6 heteroatoms. The van der Waals surface area contributed by atoms with Crippen molar-refractivity contribution in [3.63, 3.8) is 0 Å². The average molecular weight is 485 g/mol. The lowest BCUT2D eigenvalue weighted by Gasteiger charge is -2.24. The summed E-state index contributed by atoms with van der Waals surface area (Å²) in [5.74, 6) is -2.40. The Morgan fingerprint density at radius 1 is 0.722 bits per heavy atom. The largest absolute Gasteiger partial charge is 0.355 e. The molecule has 0 saturated carbocycles. The number of hydrogen-bond donors (Lipinski definition) is 1. The number of benzene rings is 4. The summed E-state index contributed by atoms with van der Waals surface area (Å²) >= 11 is 0. The van der Waals surface area contributed by atoms with Crippen molar-refractivity contribution in [3.05, 3.63) is 137 Å². The molecule has 0 unspecified atom stereocenters. The molecular formula is C30H26F2N2O2. The molecule has 4 rings (SSSR count). The molecule has 4 aromatic rings. The van der Waals surface area contributed by atoms with Gasteiger partial charge in [-0.2, -0.15) is 0 Å². The minimum atomic E-state index is -0.924. The average Bonchev–Trinajstić information content (AvgIpc) is 2.88. The molecule has 0 aromatic heterocycles. The third-order valence-electron chi connectivity index (χ3n) is 5.76. The first kappa shape index (κ1) is 24.8. The Bertz CT molecular complexity index is 1330. The number of hydrogen-bond acceptors (Lipinski definition) is 2. The Morgan fingerprint density at radius 3 is 2.08 bits per heavy atom. The van der Waals surface area contributed by atoms with E-state index in [1.807, 2.05) is 66.7 Å². The summed E-state index contributed by atoms with van der Waals surface area (Å²) in [5, 5.41) is 2.92. The maximum absolute atomic E-state index is 14.5. The van der Waals surface area contributed by atoms with Crippen LogP contribution in [0.1, 0.15) is 27.0 Å². The van der Waals surface area contributed by atoms with Crippen LogP contribution in [0.3, 0.4) is 0 Å². The predicted molar refractivity (Wildman–Crippen MR) is 137 cm³/mol. The summed E-state index contributed by atoms with van der Waals surface area (Å²) in [4.78, 5) is 27.3. The second kappa shape index (κ2) is 11.9. The molecule has 0 aliphatic rings. The topological polar surface area (TPSA) is 49.4 Å². The summed E-state index contributed by atoms with van der Waals surface area (Å²) < 4.78 is 27.9. The number of carbonyl (C=O) groups excluding carboxylic acids is 2. The smallest absolute Gasteiger partial charge is 0.261 e. The maximum atomic E-state index is 14.5. The Morgan fingerprint density at radius 2 is 1.39 bits per heavy atom. The number of carbonyl (C=O) groups is 2. The third kappa shape index (κ3) is 6.63. The van der Waals surface area contributed by atoms with Gasteiger partial charge in [0.25, 0.3) is 5.91 Å². The van der Waals surface area contributed by atoms with E-state index >= 15 is 0 Å². The van der Waals surface area contributed by atoms with Crippen LogP contribution < -0.4 is 10.2 Å². The van der Waals surface area contributed by atoms with Gasteiger partial charge < -0.3 is 10.2 Å². The van der Waals surface area contributed by atoms with Crippen molar-refractivity contribution >= 4 is 17.5 Å². The van der Waals surface area contributed by atoms with E-state index in [1.54, 1.807) is 18.2 Å². The molecular weight excluding hydrogens is 458 g/mol. The van der Waals surface area contributed by atoms with E-state index in [4.69, 9.17) is 0 Å².